The van der Waals surface area contributed by atoms with E-state index in [1.807, 2.05) is 77.9 Å². The van der Waals surface area contributed by atoms with Gasteiger partial charge in [-0.05, 0) is 57.7 Å². The van der Waals surface area contributed by atoms with Gasteiger partial charge in [-0.15, -0.1) is 0 Å². The normalized spacial score (nSPS) is 12.9. The molecule has 0 saturated heterocycles. The van der Waals surface area contributed by atoms with E-state index in [0.717, 1.165) is 34.2 Å². The number of benzene rings is 2. The molecule has 4 nitrogen and oxygen atoms in total. The van der Waals surface area contributed by atoms with Gasteiger partial charge >= 0.3 is 0 Å². The zero-order valence-corrected chi connectivity index (χ0v) is 18.6. The van der Waals surface area contributed by atoms with Crippen molar-refractivity contribution in [3.63, 3.8) is 0 Å². The van der Waals surface area contributed by atoms with E-state index in [-0.39, 0.29) is 24.3 Å². The summed E-state index contributed by atoms with van der Waals surface area (Å²) in [6, 6.07) is 13.7. The topological polar surface area (TPSA) is 49.4 Å². The second-order valence-electron chi connectivity index (χ2n) is 8.11. The third kappa shape index (κ3) is 6.45. The van der Waals surface area contributed by atoms with Crippen molar-refractivity contribution >= 4 is 11.8 Å². The van der Waals surface area contributed by atoms with Crippen LogP contribution in [0.5, 0.6) is 0 Å². The first kappa shape index (κ1) is 22.7. The minimum Gasteiger partial charge on any atom is -0.352 e. The molecule has 1 N–H and O–H groups in total. The molecule has 4 heteroatoms. The predicted molar refractivity (Wildman–Crippen MR) is 119 cm³/mol. The van der Waals surface area contributed by atoms with Gasteiger partial charge in [0.2, 0.25) is 11.8 Å². The second-order valence-corrected chi connectivity index (χ2v) is 8.11. The molecule has 2 rings (SSSR count). The van der Waals surface area contributed by atoms with Crippen LogP contribution in [0.2, 0.25) is 0 Å². The summed E-state index contributed by atoms with van der Waals surface area (Å²) in [5.74, 6) is -0.147. The molecule has 29 heavy (non-hydrogen) atoms. The molecule has 0 bridgehead atoms. The maximum Gasteiger partial charge on any atom is 0.242 e. The smallest absolute Gasteiger partial charge is 0.242 e. The van der Waals surface area contributed by atoms with Gasteiger partial charge in [-0.1, -0.05) is 60.5 Å². The largest absolute Gasteiger partial charge is 0.352 e. The first-order chi connectivity index (χ1) is 13.7. The summed E-state index contributed by atoms with van der Waals surface area (Å²) in [5.41, 5.74) is 5.44. The monoisotopic (exact) mass is 394 g/mol. The summed E-state index contributed by atoms with van der Waals surface area (Å²) in [6.07, 6.45) is 1.14. The highest BCUT2D eigenvalue weighted by Gasteiger charge is 2.27. The lowest BCUT2D eigenvalue weighted by molar-refractivity contribution is -0.140. The summed E-state index contributed by atoms with van der Waals surface area (Å²) in [7, 11) is 0. The quantitative estimate of drug-likeness (QED) is 0.717. The van der Waals surface area contributed by atoms with E-state index in [0.29, 0.717) is 6.54 Å². The summed E-state index contributed by atoms with van der Waals surface area (Å²) in [4.78, 5) is 27.8. The molecule has 2 atom stereocenters. The number of hydrogen-bond acceptors (Lipinski definition) is 2. The Labute approximate surface area is 175 Å². The Balaban J connectivity index is 2.28. The van der Waals surface area contributed by atoms with Gasteiger partial charge in [0.15, 0.2) is 0 Å². The van der Waals surface area contributed by atoms with Gasteiger partial charge in [0.05, 0.1) is 6.42 Å². The molecule has 0 aliphatic heterocycles. The fourth-order valence-electron chi connectivity index (χ4n) is 3.47. The van der Waals surface area contributed by atoms with Crippen molar-refractivity contribution in [1.29, 1.82) is 0 Å². The van der Waals surface area contributed by atoms with E-state index in [9.17, 15) is 9.59 Å². The van der Waals surface area contributed by atoms with Gasteiger partial charge in [-0.3, -0.25) is 9.59 Å². The van der Waals surface area contributed by atoms with E-state index in [1.54, 1.807) is 4.90 Å². The van der Waals surface area contributed by atoms with Gasteiger partial charge in [0, 0.05) is 12.6 Å². The lowest BCUT2D eigenvalue weighted by atomic mass is 10.0. The highest BCUT2D eigenvalue weighted by molar-refractivity contribution is 5.88. The Morgan fingerprint density at radius 2 is 1.62 bits per heavy atom. The van der Waals surface area contributed by atoms with E-state index in [1.165, 1.54) is 0 Å². The second kappa shape index (κ2) is 10.2. The lowest BCUT2D eigenvalue weighted by Crippen LogP contribution is -2.50. The molecule has 0 heterocycles. The number of hydrogen-bond donors (Lipinski definition) is 1. The lowest BCUT2D eigenvalue weighted by Gasteiger charge is -2.30. The van der Waals surface area contributed by atoms with Crippen molar-refractivity contribution in [1.82, 2.24) is 10.2 Å². The van der Waals surface area contributed by atoms with Crippen molar-refractivity contribution in [2.75, 3.05) is 0 Å². The van der Waals surface area contributed by atoms with Gasteiger partial charge in [0.1, 0.15) is 6.04 Å². The van der Waals surface area contributed by atoms with Gasteiger partial charge in [-0.25, -0.2) is 0 Å². The average molecular weight is 395 g/mol. The third-order valence-corrected chi connectivity index (χ3v) is 5.41. The van der Waals surface area contributed by atoms with Gasteiger partial charge < -0.3 is 10.2 Å². The fourth-order valence-corrected chi connectivity index (χ4v) is 3.47. The molecule has 156 valence electrons. The number of aryl methyl sites for hydroxylation is 3. The standard InChI is InChI=1S/C25H34N2O2/c1-7-20(5)26-25(29)21(6)27(16-23-11-9-8-10-19(23)4)24(28)15-22-13-17(2)12-18(3)14-22/h8-14,20-21H,7,15-16H2,1-6H3,(H,26,29)/t20-,21-/m1/s1. The molecule has 0 aliphatic rings. The number of rotatable bonds is 8. The van der Waals surface area contributed by atoms with Crippen molar-refractivity contribution in [3.8, 4) is 0 Å². The maximum absolute atomic E-state index is 13.3. The van der Waals surface area contributed by atoms with Crippen LogP contribution in [-0.2, 0) is 22.6 Å². The Bertz CT molecular complexity index is 839. The zero-order valence-electron chi connectivity index (χ0n) is 18.6. The summed E-state index contributed by atoms with van der Waals surface area (Å²) in [5, 5.41) is 3.01. The number of amides is 2. The van der Waals surface area contributed by atoms with Crippen LogP contribution in [0.15, 0.2) is 42.5 Å². The van der Waals surface area contributed by atoms with Crippen molar-refractivity contribution in [3.05, 3.63) is 70.3 Å². The molecule has 2 amide bonds. The van der Waals surface area contributed by atoms with Crippen LogP contribution in [0.3, 0.4) is 0 Å². The minimum absolute atomic E-state index is 0.0370. The molecule has 0 radical (unpaired) electrons. The molecule has 0 fully saturated rings. The van der Waals surface area contributed by atoms with Crippen LogP contribution in [0.4, 0.5) is 0 Å². The molecule has 0 aliphatic carbocycles. The van der Waals surface area contributed by atoms with Gasteiger partial charge in [0.25, 0.3) is 0 Å². The van der Waals surface area contributed by atoms with Crippen LogP contribution in [-0.4, -0.2) is 28.8 Å². The summed E-state index contributed by atoms with van der Waals surface area (Å²) >= 11 is 0. The Morgan fingerprint density at radius 1 is 1.00 bits per heavy atom. The first-order valence-corrected chi connectivity index (χ1v) is 10.4. The Morgan fingerprint density at radius 3 is 2.21 bits per heavy atom. The van der Waals surface area contributed by atoms with E-state index in [4.69, 9.17) is 0 Å². The van der Waals surface area contributed by atoms with E-state index in [2.05, 4.69) is 11.4 Å². The summed E-state index contributed by atoms with van der Waals surface area (Å²) < 4.78 is 0. The number of nitrogens with one attached hydrogen (secondary N) is 1. The van der Waals surface area contributed by atoms with Crippen LogP contribution >= 0.6 is 0 Å². The van der Waals surface area contributed by atoms with Crippen LogP contribution < -0.4 is 5.32 Å². The molecule has 2 aromatic rings. The molecule has 0 spiro atoms. The zero-order chi connectivity index (χ0) is 21.6. The minimum atomic E-state index is -0.540. The first-order valence-electron chi connectivity index (χ1n) is 10.4. The van der Waals surface area contributed by atoms with Crippen LogP contribution in [0, 0.1) is 20.8 Å². The fraction of sp³-hybridized carbons (Fsp3) is 0.440. The molecule has 0 saturated carbocycles. The van der Waals surface area contributed by atoms with E-state index < -0.39 is 6.04 Å². The third-order valence-electron chi connectivity index (χ3n) is 5.41. The number of carbonyl (C=O) groups is 2. The highest BCUT2D eigenvalue weighted by atomic mass is 16.2. The van der Waals surface area contributed by atoms with E-state index >= 15 is 0 Å². The van der Waals surface area contributed by atoms with Gasteiger partial charge in [-0.2, -0.15) is 0 Å². The Kier molecular flexibility index (Phi) is 8.00. The molecular weight excluding hydrogens is 360 g/mol. The molecule has 0 aromatic heterocycles. The van der Waals surface area contributed by atoms with Crippen molar-refractivity contribution < 1.29 is 9.59 Å². The Hall–Kier alpha value is -2.62. The summed E-state index contributed by atoms with van der Waals surface area (Å²) in [6.45, 7) is 12.4. The van der Waals surface area contributed by atoms with Crippen LogP contribution in [0.1, 0.15) is 55.0 Å². The predicted octanol–water partition coefficient (Wildman–Crippen LogP) is 4.49. The molecule has 2 aromatic carbocycles. The van der Waals surface area contributed by atoms with Crippen molar-refractivity contribution in [2.45, 2.75) is 73.0 Å². The van der Waals surface area contributed by atoms with Crippen molar-refractivity contribution in [2.24, 2.45) is 0 Å². The molecular formula is C25H34N2O2. The highest BCUT2D eigenvalue weighted by Crippen LogP contribution is 2.17. The maximum atomic E-state index is 13.3. The average Bonchev–Trinajstić information content (AvgIpc) is 2.65. The molecule has 0 unspecified atom stereocenters. The number of carbonyl (C=O) groups excluding carboxylic acids is 2. The SMILES string of the molecule is CC[C@@H](C)NC(=O)[C@@H](C)N(Cc1ccccc1C)C(=O)Cc1cc(C)cc(C)c1. The number of nitrogens with zero attached hydrogens (tertiary/aromatic N) is 1. The van der Waals surface area contributed by atoms with Crippen LogP contribution in [0.25, 0.3) is 0 Å².